The first-order valence-electron chi connectivity index (χ1n) is 5.51. The summed E-state index contributed by atoms with van der Waals surface area (Å²) in [5, 5.41) is 0. The van der Waals surface area contributed by atoms with Crippen molar-refractivity contribution in [3.8, 4) is 0 Å². The van der Waals surface area contributed by atoms with Crippen LogP contribution in [0.5, 0.6) is 0 Å². The lowest BCUT2D eigenvalue weighted by atomic mass is 9.94. The molecule has 2 heteroatoms. The van der Waals surface area contributed by atoms with Gasteiger partial charge in [-0.25, -0.2) is 0 Å². The number of allylic oxidation sites excluding steroid dienone is 2. The molecule has 0 aromatic rings. The summed E-state index contributed by atoms with van der Waals surface area (Å²) in [5.41, 5.74) is 5.75. The van der Waals surface area contributed by atoms with Crippen LogP contribution in [0.4, 0.5) is 0 Å². The normalized spacial score (nSPS) is 18.6. The molecule has 0 amide bonds. The zero-order valence-electron chi connectivity index (χ0n) is 9.34. The predicted molar refractivity (Wildman–Crippen MR) is 61.7 cm³/mol. The molecule has 80 valence electrons. The van der Waals surface area contributed by atoms with Gasteiger partial charge in [0.2, 0.25) is 0 Å². The van der Waals surface area contributed by atoms with Crippen LogP contribution in [0.1, 0.15) is 46.0 Å². The Bertz CT molecular complexity index is 224. The highest BCUT2D eigenvalue weighted by Crippen LogP contribution is 2.21. The van der Waals surface area contributed by atoms with E-state index in [1.54, 1.807) is 5.57 Å². The molecule has 0 aliphatic heterocycles. The van der Waals surface area contributed by atoms with Crippen LogP contribution in [0, 0.1) is 0 Å². The van der Waals surface area contributed by atoms with E-state index in [1.807, 2.05) is 0 Å². The Morgan fingerprint density at radius 2 is 2.36 bits per heavy atom. The van der Waals surface area contributed by atoms with Gasteiger partial charge in [0, 0.05) is 6.04 Å². The molecule has 2 nitrogen and oxygen atoms in total. The summed E-state index contributed by atoms with van der Waals surface area (Å²) in [4.78, 5) is 0. The number of hydrazine groups is 1. The summed E-state index contributed by atoms with van der Waals surface area (Å²) in [6.07, 6.45) is 10.9. The Labute approximate surface area is 87.2 Å². The molecule has 1 unspecified atom stereocenters. The summed E-state index contributed by atoms with van der Waals surface area (Å²) >= 11 is 0. The van der Waals surface area contributed by atoms with Crippen LogP contribution >= 0.6 is 0 Å². The van der Waals surface area contributed by atoms with Crippen LogP contribution < -0.4 is 11.3 Å². The molecular formula is C12H22N2. The van der Waals surface area contributed by atoms with E-state index in [0.717, 1.165) is 6.42 Å². The van der Waals surface area contributed by atoms with Gasteiger partial charge in [-0.2, -0.15) is 0 Å². The molecule has 14 heavy (non-hydrogen) atoms. The minimum atomic E-state index is 0.310. The molecule has 1 aliphatic carbocycles. The van der Waals surface area contributed by atoms with Crippen molar-refractivity contribution in [2.45, 2.75) is 52.0 Å². The van der Waals surface area contributed by atoms with E-state index in [4.69, 9.17) is 5.84 Å². The zero-order valence-corrected chi connectivity index (χ0v) is 9.34. The molecule has 1 aliphatic rings. The standard InChI is InChI=1S/C12H22N2/c1-10(2)8-12(14-13)9-11-6-4-3-5-7-11/h6,8,12,14H,3-5,7,9,13H2,1-2H3. The van der Waals surface area contributed by atoms with Gasteiger partial charge in [-0.3, -0.25) is 11.3 Å². The van der Waals surface area contributed by atoms with Crippen molar-refractivity contribution in [1.82, 2.24) is 5.43 Å². The van der Waals surface area contributed by atoms with Crippen molar-refractivity contribution in [3.63, 3.8) is 0 Å². The molecule has 0 bridgehead atoms. The van der Waals surface area contributed by atoms with Crippen molar-refractivity contribution in [2.75, 3.05) is 0 Å². The van der Waals surface area contributed by atoms with E-state index < -0.39 is 0 Å². The third kappa shape index (κ3) is 4.07. The van der Waals surface area contributed by atoms with E-state index in [1.165, 1.54) is 31.3 Å². The molecule has 0 saturated heterocycles. The summed E-state index contributed by atoms with van der Waals surface area (Å²) in [7, 11) is 0. The SMILES string of the molecule is CC(C)=CC(CC1=CCCCC1)NN. The maximum atomic E-state index is 5.52. The molecule has 1 rings (SSSR count). The topological polar surface area (TPSA) is 38.0 Å². The molecule has 0 heterocycles. The first-order valence-corrected chi connectivity index (χ1v) is 5.51. The first kappa shape index (κ1) is 11.5. The zero-order chi connectivity index (χ0) is 10.4. The van der Waals surface area contributed by atoms with E-state index in [-0.39, 0.29) is 0 Å². The van der Waals surface area contributed by atoms with Crippen molar-refractivity contribution >= 4 is 0 Å². The summed E-state index contributed by atoms with van der Waals surface area (Å²) < 4.78 is 0. The Morgan fingerprint density at radius 1 is 1.57 bits per heavy atom. The Balaban J connectivity index is 2.47. The number of hydrogen-bond acceptors (Lipinski definition) is 2. The molecule has 3 N–H and O–H groups in total. The number of nitrogens with two attached hydrogens (primary N) is 1. The molecule has 0 saturated carbocycles. The first-order chi connectivity index (χ1) is 6.72. The number of hydrogen-bond donors (Lipinski definition) is 2. The highest BCUT2D eigenvalue weighted by Gasteiger charge is 2.09. The minimum absolute atomic E-state index is 0.310. The maximum Gasteiger partial charge on any atom is 0.0430 e. The molecular weight excluding hydrogens is 172 g/mol. The number of nitrogens with one attached hydrogen (secondary N) is 1. The number of rotatable bonds is 4. The van der Waals surface area contributed by atoms with Gasteiger partial charge in [0.1, 0.15) is 0 Å². The van der Waals surface area contributed by atoms with Gasteiger partial charge >= 0.3 is 0 Å². The van der Waals surface area contributed by atoms with Crippen LogP contribution in [-0.4, -0.2) is 6.04 Å². The summed E-state index contributed by atoms with van der Waals surface area (Å²) in [6.45, 7) is 4.22. The fraction of sp³-hybridized carbons (Fsp3) is 0.667. The smallest absolute Gasteiger partial charge is 0.0430 e. The lowest BCUT2D eigenvalue weighted by Gasteiger charge is -2.17. The van der Waals surface area contributed by atoms with Crippen molar-refractivity contribution in [3.05, 3.63) is 23.3 Å². The molecule has 1 atom stereocenters. The van der Waals surface area contributed by atoms with Gasteiger partial charge in [0.05, 0.1) is 0 Å². The average molecular weight is 194 g/mol. The van der Waals surface area contributed by atoms with Crippen molar-refractivity contribution in [1.29, 1.82) is 0 Å². The van der Waals surface area contributed by atoms with E-state index >= 15 is 0 Å². The fourth-order valence-electron chi connectivity index (χ4n) is 1.94. The third-order valence-corrected chi connectivity index (χ3v) is 2.62. The van der Waals surface area contributed by atoms with Crippen LogP contribution in [-0.2, 0) is 0 Å². The average Bonchev–Trinajstić information content (AvgIpc) is 2.17. The quantitative estimate of drug-likeness (QED) is 0.410. The Hall–Kier alpha value is -0.600. The molecule has 0 aromatic carbocycles. The molecule has 0 spiro atoms. The maximum absolute atomic E-state index is 5.52. The van der Waals surface area contributed by atoms with Crippen molar-refractivity contribution < 1.29 is 0 Å². The lowest BCUT2D eigenvalue weighted by molar-refractivity contribution is 0.579. The monoisotopic (exact) mass is 194 g/mol. The van der Waals surface area contributed by atoms with E-state index in [2.05, 4.69) is 31.4 Å². The second kappa shape index (κ2) is 5.99. The van der Waals surface area contributed by atoms with Crippen LogP contribution in [0.2, 0.25) is 0 Å². The Kier molecular flexibility index (Phi) is 4.91. The van der Waals surface area contributed by atoms with Gasteiger partial charge < -0.3 is 0 Å². The highest BCUT2D eigenvalue weighted by molar-refractivity contribution is 5.11. The van der Waals surface area contributed by atoms with Gasteiger partial charge in [0.15, 0.2) is 0 Å². The highest BCUT2D eigenvalue weighted by atomic mass is 15.2. The lowest BCUT2D eigenvalue weighted by Crippen LogP contribution is -2.34. The molecule has 0 aromatic heterocycles. The fourth-order valence-corrected chi connectivity index (χ4v) is 1.94. The van der Waals surface area contributed by atoms with Crippen LogP contribution in [0.25, 0.3) is 0 Å². The van der Waals surface area contributed by atoms with Gasteiger partial charge in [0.25, 0.3) is 0 Å². The van der Waals surface area contributed by atoms with E-state index in [9.17, 15) is 0 Å². The second-order valence-electron chi connectivity index (χ2n) is 4.33. The van der Waals surface area contributed by atoms with E-state index in [0.29, 0.717) is 6.04 Å². The minimum Gasteiger partial charge on any atom is -0.271 e. The van der Waals surface area contributed by atoms with Crippen molar-refractivity contribution in [2.24, 2.45) is 5.84 Å². The van der Waals surface area contributed by atoms with Crippen LogP contribution in [0.15, 0.2) is 23.3 Å². The summed E-state index contributed by atoms with van der Waals surface area (Å²) in [6, 6.07) is 0.310. The third-order valence-electron chi connectivity index (χ3n) is 2.62. The van der Waals surface area contributed by atoms with Gasteiger partial charge in [-0.15, -0.1) is 0 Å². The molecule has 0 radical (unpaired) electrons. The molecule has 0 fully saturated rings. The van der Waals surface area contributed by atoms with Gasteiger partial charge in [-0.05, 0) is 46.0 Å². The Morgan fingerprint density at radius 3 is 2.86 bits per heavy atom. The largest absolute Gasteiger partial charge is 0.271 e. The van der Waals surface area contributed by atoms with Crippen LogP contribution in [0.3, 0.4) is 0 Å². The predicted octanol–water partition coefficient (Wildman–Crippen LogP) is 2.67. The second-order valence-corrected chi connectivity index (χ2v) is 4.33. The summed E-state index contributed by atoms with van der Waals surface area (Å²) in [5.74, 6) is 5.52. The van der Waals surface area contributed by atoms with Gasteiger partial charge in [-0.1, -0.05) is 23.3 Å².